The number of halogens is 3. The van der Waals surface area contributed by atoms with Crippen molar-refractivity contribution in [2.75, 3.05) is 0 Å². The molecule has 136 valence electrons. The first-order valence-electron chi connectivity index (χ1n) is 9.00. The SMILES string of the molecule is Cc1ccc(C2=C(c3cc(C(F)(F)F)c4ccccc4c3)CCC=C2)cc1. The van der Waals surface area contributed by atoms with E-state index in [4.69, 9.17) is 0 Å². The molecule has 0 aromatic heterocycles. The maximum Gasteiger partial charge on any atom is 0.417 e. The summed E-state index contributed by atoms with van der Waals surface area (Å²) in [6.45, 7) is 2.02. The molecule has 3 heteroatoms. The van der Waals surface area contributed by atoms with Gasteiger partial charge in [-0.15, -0.1) is 0 Å². The molecule has 3 aromatic rings. The molecule has 1 aliphatic rings. The number of rotatable bonds is 2. The zero-order valence-corrected chi connectivity index (χ0v) is 15.0. The zero-order valence-electron chi connectivity index (χ0n) is 15.0. The second-order valence-corrected chi connectivity index (χ2v) is 6.94. The standard InChI is InChI=1S/C24H19F3/c1-16-10-12-17(13-11-16)20-7-4-5-8-21(20)19-14-18-6-2-3-9-22(18)23(15-19)24(25,26)27/h2-4,6-7,9-15H,5,8H2,1H3. The van der Waals surface area contributed by atoms with Crippen LogP contribution in [0.15, 0.2) is 72.8 Å². The van der Waals surface area contributed by atoms with Gasteiger partial charge in [0.2, 0.25) is 0 Å². The molecule has 0 heterocycles. The third-order valence-electron chi connectivity index (χ3n) is 5.05. The van der Waals surface area contributed by atoms with Gasteiger partial charge in [0, 0.05) is 0 Å². The summed E-state index contributed by atoms with van der Waals surface area (Å²) in [7, 11) is 0. The average molecular weight is 364 g/mol. The molecule has 0 fully saturated rings. The number of alkyl halides is 3. The van der Waals surface area contributed by atoms with E-state index in [9.17, 15) is 13.2 Å². The Morgan fingerprint density at radius 3 is 2.33 bits per heavy atom. The quantitative estimate of drug-likeness (QED) is 0.443. The number of fused-ring (bicyclic) bond motifs is 1. The molecule has 4 rings (SSSR count). The minimum absolute atomic E-state index is 0.248. The molecular formula is C24H19F3. The molecular weight excluding hydrogens is 345 g/mol. The van der Waals surface area contributed by atoms with Gasteiger partial charge in [0.1, 0.15) is 0 Å². The van der Waals surface area contributed by atoms with Crippen LogP contribution in [0.1, 0.15) is 35.1 Å². The topological polar surface area (TPSA) is 0 Å². The Hall–Kier alpha value is -2.81. The molecule has 0 spiro atoms. The van der Waals surface area contributed by atoms with Crippen LogP contribution in [0.5, 0.6) is 0 Å². The van der Waals surface area contributed by atoms with E-state index in [0.717, 1.165) is 35.1 Å². The molecule has 0 saturated heterocycles. The third kappa shape index (κ3) is 3.42. The van der Waals surface area contributed by atoms with E-state index in [0.29, 0.717) is 10.9 Å². The van der Waals surface area contributed by atoms with E-state index in [-0.39, 0.29) is 5.39 Å². The normalized spacial score (nSPS) is 14.8. The molecule has 1 aliphatic carbocycles. The highest BCUT2D eigenvalue weighted by Crippen LogP contribution is 2.40. The first-order valence-corrected chi connectivity index (χ1v) is 9.00. The molecule has 0 unspecified atom stereocenters. The summed E-state index contributed by atoms with van der Waals surface area (Å²) >= 11 is 0. The van der Waals surface area contributed by atoms with Gasteiger partial charge in [0.05, 0.1) is 5.56 Å². The first kappa shape index (κ1) is 17.6. The van der Waals surface area contributed by atoms with Crippen molar-refractivity contribution >= 4 is 21.9 Å². The van der Waals surface area contributed by atoms with Crippen molar-refractivity contribution in [2.24, 2.45) is 0 Å². The molecule has 0 saturated carbocycles. The molecule has 0 aliphatic heterocycles. The molecule has 0 bridgehead atoms. The smallest absolute Gasteiger partial charge is 0.166 e. The van der Waals surface area contributed by atoms with E-state index in [1.165, 1.54) is 12.1 Å². The number of benzene rings is 3. The number of hydrogen-bond donors (Lipinski definition) is 0. The van der Waals surface area contributed by atoms with Crippen LogP contribution in [0.2, 0.25) is 0 Å². The highest BCUT2D eigenvalue weighted by Gasteiger charge is 2.33. The number of aryl methyl sites for hydroxylation is 1. The second-order valence-electron chi connectivity index (χ2n) is 6.94. The second kappa shape index (κ2) is 6.73. The lowest BCUT2D eigenvalue weighted by Crippen LogP contribution is -2.07. The van der Waals surface area contributed by atoms with Crippen LogP contribution in [0.3, 0.4) is 0 Å². The van der Waals surface area contributed by atoms with Gasteiger partial charge in [0.15, 0.2) is 0 Å². The van der Waals surface area contributed by atoms with Crippen molar-refractivity contribution in [1.29, 1.82) is 0 Å². The van der Waals surface area contributed by atoms with Gasteiger partial charge in [-0.05, 0) is 64.9 Å². The summed E-state index contributed by atoms with van der Waals surface area (Å²) in [5.74, 6) is 0. The van der Waals surface area contributed by atoms with E-state index < -0.39 is 11.7 Å². The minimum atomic E-state index is -4.38. The molecule has 0 nitrogen and oxygen atoms in total. The van der Waals surface area contributed by atoms with Crippen LogP contribution >= 0.6 is 0 Å². The Labute approximate surface area is 156 Å². The van der Waals surface area contributed by atoms with E-state index in [2.05, 4.69) is 6.08 Å². The van der Waals surface area contributed by atoms with Gasteiger partial charge < -0.3 is 0 Å². The Kier molecular flexibility index (Phi) is 4.39. The maximum absolute atomic E-state index is 13.7. The Morgan fingerprint density at radius 1 is 0.852 bits per heavy atom. The van der Waals surface area contributed by atoms with Crippen LogP contribution in [-0.4, -0.2) is 0 Å². The minimum Gasteiger partial charge on any atom is -0.166 e. The third-order valence-corrected chi connectivity index (χ3v) is 5.05. The van der Waals surface area contributed by atoms with Gasteiger partial charge >= 0.3 is 6.18 Å². The molecule has 0 N–H and O–H groups in total. The van der Waals surface area contributed by atoms with Gasteiger partial charge in [-0.2, -0.15) is 13.2 Å². The highest BCUT2D eigenvalue weighted by molar-refractivity contribution is 5.99. The fourth-order valence-corrected chi connectivity index (χ4v) is 3.69. The fraction of sp³-hybridized carbons (Fsp3) is 0.167. The summed E-state index contributed by atoms with van der Waals surface area (Å²) in [4.78, 5) is 0. The van der Waals surface area contributed by atoms with E-state index >= 15 is 0 Å². The molecule has 3 aromatic carbocycles. The van der Waals surface area contributed by atoms with Crippen molar-refractivity contribution in [3.63, 3.8) is 0 Å². The largest absolute Gasteiger partial charge is 0.417 e. The lowest BCUT2D eigenvalue weighted by Gasteiger charge is -2.20. The van der Waals surface area contributed by atoms with Crippen LogP contribution in [0.4, 0.5) is 13.2 Å². The molecule has 0 atom stereocenters. The van der Waals surface area contributed by atoms with Crippen molar-refractivity contribution in [3.05, 3.63) is 95.1 Å². The predicted octanol–water partition coefficient (Wildman–Crippen LogP) is 7.43. The summed E-state index contributed by atoms with van der Waals surface area (Å²) < 4.78 is 41.1. The lowest BCUT2D eigenvalue weighted by molar-refractivity contribution is -0.136. The van der Waals surface area contributed by atoms with Gasteiger partial charge in [-0.3, -0.25) is 0 Å². The summed E-state index contributed by atoms with van der Waals surface area (Å²) in [5.41, 5.74) is 4.25. The Balaban J connectivity index is 1.96. The van der Waals surface area contributed by atoms with Gasteiger partial charge in [-0.25, -0.2) is 0 Å². The number of allylic oxidation sites excluding steroid dienone is 4. The molecule has 27 heavy (non-hydrogen) atoms. The monoisotopic (exact) mass is 364 g/mol. The van der Waals surface area contributed by atoms with Crippen molar-refractivity contribution in [1.82, 2.24) is 0 Å². The van der Waals surface area contributed by atoms with Crippen LogP contribution in [0, 0.1) is 6.92 Å². The van der Waals surface area contributed by atoms with Gasteiger partial charge in [-0.1, -0.05) is 66.2 Å². The van der Waals surface area contributed by atoms with Crippen molar-refractivity contribution in [3.8, 4) is 0 Å². The van der Waals surface area contributed by atoms with Crippen molar-refractivity contribution < 1.29 is 13.2 Å². The lowest BCUT2D eigenvalue weighted by atomic mass is 9.86. The highest BCUT2D eigenvalue weighted by atomic mass is 19.4. The molecule has 0 amide bonds. The van der Waals surface area contributed by atoms with Crippen LogP contribution in [0.25, 0.3) is 21.9 Å². The Bertz CT molecular complexity index is 1050. The first-order chi connectivity index (χ1) is 12.9. The maximum atomic E-state index is 13.7. The summed E-state index contributed by atoms with van der Waals surface area (Å²) in [5, 5.41) is 0.866. The summed E-state index contributed by atoms with van der Waals surface area (Å²) in [6.07, 6.45) is 1.30. The summed E-state index contributed by atoms with van der Waals surface area (Å²) in [6, 6.07) is 18.0. The average Bonchev–Trinajstić information content (AvgIpc) is 2.67. The Morgan fingerprint density at radius 2 is 1.59 bits per heavy atom. The zero-order chi connectivity index (χ0) is 19.0. The van der Waals surface area contributed by atoms with Crippen LogP contribution in [-0.2, 0) is 6.18 Å². The number of hydrogen-bond acceptors (Lipinski definition) is 0. The van der Waals surface area contributed by atoms with Gasteiger partial charge in [0.25, 0.3) is 0 Å². The van der Waals surface area contributed by atoms with Crippen LogP contribution < -0.4 is 0 Å². The van der Waals surface area contributed by atoms with E-state index in [1.807, 2.05) is 43.3 Å². The molecule has 0 radical (unpaired) electrons. The fourth-order valence-electron chi connectivity index (χ4n) is 3.69. The predicted molar refractivity (Wildman–Crippen MR) is 105 cm³/mol. The van der Waals surface area contributed by atoms with Crippen molar-refractivity contribution in [2.45, 2.75) is 25.9 Å². The van der Waals surface area contributed by atoms with E-state index in [1.54, 1.807) is 18.2 Å².